The molecule has 7 nitrogen and oxygen atoms in total. The van der Waals surface area contributed by atoms with Crippen molar-refractivity contribution in [1.82, 2.24) is 25.1 Å². The van der Waals surface area contributed by atoms with Gasteiger partial charge in [-0.15, -0.1) is 5.10 Å². The van der Waals surface area contributed by atoms with Crippen molar-refractivity contribution < 1.29 is 9.53 Å². The number of carbonyl (C=O) groups excluding carboxylic acids is 1. The standard InChI is InChI=1S/C17H25N5O2/c1-13(2)9-21(10-14(3)4)17(23)11-24-16-7-5-6-15(8-16)22-12-18-19-20-22/h5-8,12-14H,9-11H2,1-4H3. The van der Waals surface area contributed by atoms with E-state index in [0.29, 0.717) is 17.6 Å². The van der Waals surface area contributed by atoms with Crippen LogP contribution < -0.4 is 4.74 Å². The first-order valence-electron chi connectivity index (χ1n) is 8.19. The Labute approximate surface area is 142 Å². The van der Waals surface area contributed by atoms with Gasteiger partial charge in [-0.25, -0.2) is 4.68 Å². The molecule has 2 rings (SSSR count). The number of aromatic nitrogens is 4. The maximum atomic E-state index is 12.5. The van der Waals surface area contributed by atoms with Crippen LogP contribution in [0.4, 0.5) is 0 Å². The number of amides is 1. The first kappa shape index (κ1) is 17.9. The van der Waals surface area contributed by atoms with Gasteiger partial charge in [0.2, 0.25) is 0 Å². The molecule has 0 aliphatic rings. The van der Waals surface area contributed by atoms with Crippen molar-refractivity contribution in [3.05, 3.63) is 30.6 Å². The summed E-state index contributed by atoms with van der Waals surface area (Å²) in [6.07, 6.45) is 1.51. The number of nitrogens with zero attached hydrogens (tertiary/aromatic N) is 5. The first-order valence-corrected chi connectivity index (χ1v) is 8.19. The fourth-order valence-electron chi connectivity index (χ4n) is 2.39. The Morgan fingerprint density at radius 2 is 1.92 bits per heavy atom. The molecule has 0 aliphatic carbocycles. The average Bonchev–Trinajstić information content (AvgIpc) is 3.06. The van der Waals surface area contributed by atoms with Crippen LogP contribution in [0.15, 0.2) is 30.6 Å². The molecule has 1 heterocycles. The average molecular weight is 331 g/mol. The van der Waals surface area contributed by atoms with Crippen molar-refractivity contribution >= 4 is 5.91 Å². The Morgan fingerprint density at radius 1 is 1.21 bits per heavy atom. The highest BCUT2D eigenvalue weighted by atomic mass is 16.5. The summed E-state index contributed by atoms with van der Waals surface area (Å²) in [7, 11) is 0. The predicted octanol–water partition coefficient (Wildman–Crippen LogP) is 2.18. The minimum Gasteiger partial charge on any atom is -0.484 e. The van der Waals surface area contributed by atoms with Crippen molar-refractivity contribution in [2.75, 3.05) is 19.7 Å². The molecule has 0 spiro atoms. The molecule has 1 aromatic carbocycles. The number of tetrazole rings is 1. The van der Waals surface area contributed by atoms with Crippen LogP contribution in [-0.4, -0.2) is 50.7 Å². The van der Waals surface area contributed by atoms with Crippen LogP contribution >= 0.6 is 0 Å². The summed E-state index contributed by atoms with van der Waals surface area (Å²) in [5.74, 6) is 1.47. The van der Waals surface area contributed by atoms with Gasteiger partial charge in [0.05, 0.1) is 5.69 Å². The van der Waals surface area contributed by atoms with E-state index in [-0.39, 0.29) is 12.5 Å². The molecular formula is C17H25N5O2. The molecule has 0 N–H and O–H groups in total. The van der Waals surface area contributed by atoms with Gasteiger partial charge >= 0.3 is 0 Å². The molecule has 1 amide bonds. The zero-order valence-electron chi connectivity index (χ0n) is 14.7. The highest BCUT2D eigenvalue weighted by molar-refractivity contribution is 5.77. The van der Waals surface area contributed by atoms with Crippen molar-refractivity contribution in [1.29, 1.82) is 0 Å². The molecular weight excluding hydrogens is 306 g/mol. The quantitative estimate of drug-likeness (QED) is 0.741. The Kier molecular flexibility index (Phi) is 6.28. The Hall–Kier alpha value is -2.44. The molecule has 1 aromatic heterocycles. The minimum atomic E-state index is 0.00484. The fourth-order valence-corrected chi connectivity index (χ4v) is 2.39. The van der Waals surface area contributed by atoms with E-state index in [4.69, 9.17) is 4.74 Å². The Morgan fingerprint density at radius 3 is 2.50 bits per heavy atom. The van der Waals surface area contributed by atoms with Gasteiger partial charge in [-0.1, -0.05) is 33.8 Å². The third-order valence-electron chi connectivity index (χ3n) is 3.32. The molecule has 2 aromatic rings. The molecule has 0 fully saturated rings. The van der Waals surface area contributed by atoms with Gasteiger partial charge in [0, 0.05) is 19.2 Å². The predicted molar refractivity (Wildman–Crippen MR) is 90.9 cm³/mol. The molecule has 130 valence electrons. The lowest BCUT2D eigenvalue weighted by molar-refractivity contribution is -0.134. The summed E-state index contributed by atoms with van der Waals surface area (Å²) < 4.78 is 7.22. The topological polar surface area (TPSA) is 73.1 Å². The second-order valence-electron chi connectivity index (χ2n) is 6.63. The van der Waals surface area contributed by atoms with Gasteiger partial charge in [0.25, 0.3) is 5.91 Å². The van der Waals surface area contributed by atoms with Crippen molar-refractivity contribution in [3.8, 4) is 11.4 Å². The van der Waals surface area contributed by atoms with E-state index in [0.717, 1.165) is 18.8 Å². The summed E-state index contributed by atoms with van der Waals surface area (Å²) in [5.41, 5.74) is 0.783. The summed E-state index contributed by atoms with van der Waals surface area (Å²) in [6.45, 7) is 9.94. The highest BCUT2D eigenvalue weighted by Crippen LogP contribution is 2.16. The number of hydrogen-bond donors (Lipinski definition) is 0. The van der Waals surface area contributed by atoms with Crippen LogP contribution in [-0.2, 0) is 4.79 Å². The van der Waals surface area contributed by atoms with E-state index in [2.05, 4.69) is 43.2 Å². The van der Waals surface area contributed by atoms with Crippen LogP contribution in [0, 0.1) is 11.8 Å². The lowest BCUT2D eigenvalue weighted by Crippen LogP contribution is -2.39. The Balaban J connectivity index is 1.98. The van der Waals surface area contributed by atoms with Gasteiger partial charge in [0.1, 0.15) is 12.1 Å². The zero-order valence-corrected chi connectivity index (χ0v) is 14.7. The molecule has 7 heteroatoms. The Bertz CT molecular complexity index is 630. The van der Waals surface area contributed by atoms with Gasteiger partial charge in [0.15, 0.2) is 6.61 Å². The maximum Gasteiger partial charge on any atom is 0.260 e. The van der Waals surface area contributed by atoms with E-state index in [1.807, 2.05) is 23.1 Å². The second-order valence-corrected chi connectivity index (χ2v) is 6.63. The number of hydrogen-bond acceptors (Lipinski definition) is 5. The number of carbonyl (C=O) groups is 1. The lowest BCUT2D eigenvalue weighted by Gasteiger charge is -2.26. The van der Waals surface area contributed by atoms with Crippen molar-refractivity contribution in [2.45, 2.75) is 27.7 Å². The summed E-state index contributed by atoms with van der Waals surface area (Å²) in [4.78, 5) is 14.3. The largest absolute Gasteiger partial charge is 0.484 e. The molecule has 0 bridgehead atoms. The van der Waals surface area contributed by atoms with E-state index in [1.165, 1.54) is 6.33 Å². The second kappa shape index (κ2) is 8.42. The van der Waals surface area contributed by atoms with Gasteiger partial charge in [-0.3, -0.25) is 4.79 Å². The summed E-state index contributed by atoms with van der Waals surface area (Å²) in [6, 6.07) is 7.33. The van der Waals surface area contributed by atoms with Crippen LogP contribution in [0.5, 0.6) is 5.75 Å². The number of benzene rings is 1. The number of ether oxygens (including phenoxy) is 1. The SMILES string of the molecule is CC(C)CN(CC(C)C)C(=O)COc1cccc(-n2cnnn2)c1. The molecule has 0 saturated heterocycles. The van der Waals surface area contributed by atoms with E-state index in [1.54, 1.807) is 10.7 Å². The van der Waals surface area contributed by atoms with Crippen LogP contribution in [0.1, 0.15) is 27.7 Å². The van der Waals surface area contributed by atoms with Crippen molar-refractivity contribution in [3.63, 3.8) is 0 Å². The molecule has 0 unspecified atom stereocenters. The minimum absolute atomic E-state index is 0.00484. The van der Waals surface area contributed by atoms with Crippen molar-refractivity contribution in [2.24, 2.45) is 11.8 Å². The van der Waals surface area contributed by atoms with Gasteiger partial charge < -0.3 is 9.64 Å². The normalized spacial score (nSPS) is 11.1. The van der Waals surface area contributed by atoms with E-state index >= 15 is 0 Å². The van der Waals surface area contributed by atoms with Crippen LogP contribution in [0.3, 0.4) is 0 Å². The molecule has 0 radical (unpaired) electrons. The summed E-state index contributed by atoms with van der Waals surface area (Å²) >= 11 is 0. The van der Waals surface area contributed by atoms with Gasteiger partial charge in [-0.05, 0) is 34.4 Å². The van der Waals surface area contributed by atoms with E-state index < -0.39 is 0 Å². The summed E-state index contributed by atoms with van der Waals surface area (Å²) in [5, 5.41) is 11.1. The molecule has 0 aliphatic heterocycles. The van der Waals surface area contributed by atoms with Crippen LogP contribution in [0.2, 0.25) is 0 Å². The highest BCUT2D eigenvalue weighted by Gasteiger charge is 2.17. The molecule has 0 atom stereocenters. The molecule has 0 saturated carbocycles. The zero-order chi connectivity index (χ0) is 17.5. The lowest BCUT2D eigenvalue weighted by atomic mass is 10.1. The fraction of sp³-hybridized carbons (Fsp3) is 0.529. The third kappa shape index (κ3) is 5.33. The molecule has 24 heavy (non-hydrogen) atoms. The maximum absolute atomic E-state index is 12.5. The smallest absolute Gasteiger partial charge is 0.260 e. The monoisotopic (exact) mass is 331 g/mol. The van der Waals surface area contributed by atoms with Gasteiger partial charge in [-0.2, -0.15) is 0 Å². The number of rotatable bonds is 8. The van der Waals surface area contributed by atoms with E-state index in [9.17, 15) is 4.79 Å². The van der Waals surface area contributed by atoms with Crippen LogP contribution in [0.25, 0.3) is 5.69 Å². The third-order valence-corrected chi connectivity index (χ3v) is 3.32. The first-order chi connectivity index (χ1) is 11.5.